The largest absolute Gasteiger partial charge is 0.422 e. The minimum Gasteiger partial charge on any atom is -0.422 e. The topological polar surface area (TPSA) is 86.8 Å². The van der Waals surface area contributed by atoms with E-state index in [0.717, 1.165) is 27.7 Å². The van der Waals surface area contributed by atoms with Gasteiger partial charge in [0.15, 0.2) is 0 Å². The summed E-state index contributed by atoms with van der Waals surface area (Å²) in [6.45, 7) is 1.95. The number of H-pyrrole nitrogens is 1. The first kappa shape index (κ1) is 26.7. The van der Waals surface area contributed by atoms with E-state index >= 15 is 0 Å². The molecule has 0 unspecified atom stereocenters. The van der Waals surface area contributed by atoms with Gasteiger partial charge < -0.3 is 14.6 Å². The number of hydrazone groups is 1. The van der Waals surface area contributed by atoms with Crippen LogP contribution < -0.4 is 15.1 Å². The van der Waals surface area contributed by atoms with Crippen molar-refractivity contribution in [1.82, 2.24) is 10.4 Å². The van der Waals surface area contributed by atoms with Crippen LogP contribution in [0.3, 0.4) is 0 Å². The van der Waals surface area contributed by atoms with E-state index in [1.807, 2.05) is 74.4 Å². The summed E-state index contributed by atoms with van der Waals surface area (Å²) in [6, 6.07) is 27.4. The Hall–Kier alpha value is -4.88. The molecule has 0 bridgehead atoms. The lowest BCUT2D eigenvalue weighted by atomic mass is 10.0. The van der Waals surface area contributed by atoms with Crippen LogP contribution in [0.15, 0.2) is 96.1 Å². The Labute approximate surface area is 237 Å². The molecule has 1 aromatic heterocycles. The summed E-state index contributed by atoms with van der Waals surface area (Å²) in [7, 11) is 3.92. The third-order valence-electron chi connectivity index (χ3n) is 6.45. The molecule has 1 amide bonds. The highest BCUT2D eigenvalue weighted by Gasteiger charge is 2.21. The van der Waals surface area contributed by atoms with Crippen molar-refractivity contribution in [3.8, 4) is 16.9 Å². The van der Waals surface area contributed by atoms with E-state index in [2.05, 4.69) is 15.5 Å². The summed E-state index contributed by atoms with van der Waals surface area (Å²) < 4.78 is 5.61. The number of para-hydroxylation sites is 1. The Morgan fingerprint density at radius 1 is 0.950 bits per heavy atom. The number of nitrogens with zero attached hydrogens (tertiary/aromatic N) is 2. The number of rotatable bonds is 7. The monoisotopic (exact) mass is 550 g/mol. The first-order valence-corrected chi connectivity index (χ1v) is 13.0. The van der Waals surface area contributed by atoms with Gasteiger partial charge in [-0.05, 0) is 55.5 Å². The number of hydrogen-bond donors (Lipinski definition) is 2. The summed E-state index contributed by atoms with van der Waals surface area (Å²) in [5.74, 6) is -0.600. The smallest absolute Gasteiger partial charge is 0.343 e. The molecule has 0 aliphatic carbocycles. The van der Waals surface area contributed by atoms with Crippen LogP contribution in [-0.2, 0) is 0 Å². The number of benzene rings is 4. The van der Waals surface area contributed by atoms with Crippen LogP contribution >= 0.6 is 11.6 Å². The molecule has 2 N–H and O–H groups in total. The number of aromatic nitrogens is 1. The molecule has 200 valence electrons. The highest BCUT2D eigenvalue weighted by Crippen LogP contribution is 2.38. The summed E-state index contributed by atoms with van der Waals surface area (Å²) in [6.07, 6.45) is 1.44. The molecular weight excluding hydrogens is 524 g/mol. The van der Waals surface area contributed by atoms with Gasteiger partial charge in [0.2, 0.25) is 0 Å². The molecular formula is C32H27ClN4O3. The minimum absolute atomic E-state index is 0.324. The second-order valence-corrected chi connectivity index (χ2v) is 9.88. The third kappa shape index (κ3) is 5.60. The van der Waals surface area contributed by atoms with E-state index in [0.29, 0.717) is 33.2 Å². The number of anilines is 1. The van der Waals surface area contributed by atoms with Gasteiger partial charge >= 0.3 is 5.97 Å². The van der Waals surface area contributed by atoms with Crippen LogP contribution in [0.25, 0.3) is 22.0 Å². The SMILES string of the molecule is Cc1ccc(C(=O)Oc2ccccc2C=NNC(=O)c2[nH]c3ccc(N(C)C)cc3c2-c2ccccc2Cl)cc1. The van der Waals surface area contributed by atoms with Crippen LogP contribution in [0.2, 0.25) is 5.02 Å². The Morgan fingerprint density at radius 3 is 2.42 bits per heavy atom. The van der Waals surface area contributed by atoms with Gasteiger partial charge in [-0.3, -0.25) is 4.79 Å². The Kier molecular flexibility index (Phi) is 7.66. The number of aromatic amines is 1. The number of halogens is 1. The molecule has 0 fully saturated rings. The predicted molar refractivity (Wildman–Crippen MR) is 161 cm³/mol. The van der Waals surface area contributed by atoms with Gasteiger partial charge in [-0.25, -0.2) is 10.2 Å². The van der Waals surface area contributed by atoms with Gasteiger partial charge in [-0.1, -0.05) is 59.6 Å². The zero-order valence-electron chi connectivity index (χ0n) is 22.2. The first-order valence-electron chi connectivity index (χ1n) is 12.6. The lowest BCUT2D eigenvalue weighted by molar-refractivity contribution is 0.0734. The molecule has 4 aromatic carbocycles. The fourth-order valence-corrected chi connectivity index (χ4v) is 4.55. The molecule has 0 saturated heterocycles. The zero-order chi connectivity index (χ0) is 28.2. The molecule has 7 nitrogen and oxygen atoms in total. The number of ether oxygens (including phenoxy) is 1. The van der Waals surface area contributed by atoms with Gasteiger partial charge in [-0.2, -0.15) is 5.10 Å². The third-order valence-corrected chi connectivity index (χ3v) is 6.78. The molecule has 0 spiro atoms. The molecule has 0 aliphatic rings. The molecule has 40 heavy (non-hydrogen) atoms. The number of esters is 1. The van der Waals surface area contributed by atoms with Gasteiger partial charge in [0, 0.05) is 52.4 Å². The molecule has 0 saturated carbocycles. The number of carbonyl (C=O) groups is 2. The van der Waals surface area contributed by atoms with Gasteiger partial charge in [0.05, 0.1) is 11.8 Å². The van der Waals surface area contributed by atoms with Crippen LogP contribution in [-0.4, -0.2) is 37.2 Å². The van der Waals surface area contributed by atoms with Gasteiger partial charge in [-0.15, -0.1) is 0 Å². The van der Waals surface area contributed by atoms with Crippen molar-refractivity contribution in [2.24, 2.45) is 5.10 Å². The quantitative estimate of drug-likeness (QED) is 0.100. The summed E-state index contributed by atoms with van der Waals surface area (Å²) >= 11 is 6.56. The number of nitrogens with one attached hydrogen (secondary N) is 2. The molecule has 0 aliphatic heterocycles. The maximum atomic E-state index is 13.4. The predicted octanol–water partition coefficient (Wildman–Crippen LogP) is 6.85. The zero-order valence-corrected chi connectivity index (χ0v) is 23.0. The van der Waals surface area contributed by atoms with Crippen molar-refractivity contribution in [3.05, 3.63) is 118 Å². The summed E-state index contributed by atoms with van der Waals surface area (Å²) in [4.78, 5) is 31.3. The number of fused-ring (bicyclic) bond motifs is 1. The highest BCUT2D eigenvalue weighted by molar-refractivity contribution is 6.34. The van der Waals surface area contributed by atoms with Crippen molar-refractivity contribution < 1.29 is 14.3 Å². The van der Waals surface area contributed by atoms with Crippen LogP contribution in [0.1, 0.15) is 32.0 Å². The number of hydrogen-bond acceptors (Lipinski definition) is 5. The van der Waals surface area contributed by atoms with E-state index < -0.39 is 11.9 Å². The van der Waals surface area contributed by atoms with Crippen molar-refractivity contribution in [2.75, 3.05) is 19.0 Å². The maximum absolute atomic E-state index is 13.4. The molecule has 0 atom stereocenters. The second-order valence-electron chi connectivity index (χ2n) is 9.47. The maximum Gasteiger partial charge on any atom is 0.343 e. The fourth-order valence-electron chi connectivity index (χ4n) is 4.32. The fraction of sp³-hybridized carbons (Fsp3) is 0.0938. The molecule has 5 rings (SSSR count). The van der Waals surface area contributed by atoms with Gasteiger partial charge in [0.1, 0.15) is 11.4 Å². The van der Waals surface area contributed by atoms with E-state index in [1.165, 1.54) is 6.21 Å². The lowest BCUT2D eigenvalue weighted by Crippen LogP contribution is -2.19. The Morgan fingerprint density at radius 2 is 1.68 bits per heavy atom. The molecule has 0 radical (unpaired) electrons. The molecule has 8 heteroatoms. The van der Waals surface area contributed by atoms with Crippen molar-refractivity contribution in [1.29, 1.82) is 0 Å². The standard InChI is InChI=1S/C32H27ClN4O3/c1-20-12-14-21(15-13-20)32(39)40-28-11-7-4-8-22(28)19-34-36-31(38)30-29(24-9-5-6-10-26(24)33)25-18-23(37(2)3)16-17-27(25)35-30/h4-19,35H,1-3H3,(H,36,38). The van der Waals surface area contributed by atoms with E-state index in [1.54, 1.807) is 42.5 Å². The summed E-state index contributed by atoms with van der Waals surface area (Å²) in [5, 5.41) is 5.56. The molecule has 1 heterocycles. The minimum atomic E-state index is -0.482. The average Bonchev–Trinajstić information content (AvgIpc) is 3.33. The number of aryl methyl sites for hydroxylation is 1. The van der Waals surface area contributed by atoms with Crippen molar-refractivity contribution >= 4 is 46.3 Å². The summed E-state index contributed by atoms with van der Waals surface area (Å²) in [5.41, 5.74) is 8.14. The first-order chi connectivity index (χ1) is 19.3. The van der Waals surface area contributed by atoms with Crippen LogP contribution in [0.5, 0.6) is 5.75 Å². The van der Waals surface area contributed by atoms with Gasteiger partial charge in [0.25, 0.3) is 5.91 Å². The van der Waals surface area contributed by atoms with Crippen LogP contribution in [0.4, 0.5) is 5.69 Å². The van der Waals surface area contributed by atoms with E-state index in [-0.39, 0.29) is 0 Å². The van der Waals surface area contributed by atoms with E-state index in [9.17, 15) is 9.59 Å². The number of amides is 1. The average molecular weight is 551 g/mol. The van der Waals surface area contributed by atoms with Crippen molar-refractivity contribution in [2.45, 2.75) is 6.92 Å². The second kappa shape index (κ2) is 11.5. The van der Waals surface area contributed by atoms with E-state index in [4.69, 9.17) is 16.3 Å². The van der Waals surface area contributed by atoms with Crippen molar-refractivity contribution in [3.63, 3.8) is 0 Å². The number of carbonyl (C=O) groups excluding carboxylic acids is 2. The lowest BCUT2D eigenvalue weighted by Gasteiger charge is -2.13. The normalized spacial score (nSPS) is 11.1. The Bertz CT molecular complexity index is 1740. The Balaban J connectivity index is 1.43. The highest BCUT2D eigenvalue weighted by atomic mass is 35.5. The molecule has 5 aromatic rings. The van der Waals surface area contributed by atoms with Crippen LogP contribution in [0, 0.1) is 6.92 Å².